The molecule has 2 heterocycles. The molecule has 1 aliphatic heterocycles. The van der Waals surface area contributed by atoms with Crippen LogP contribution in [0.4, 0.5) is 10.8 Å². The molecule has 8 nitrogen and oxygen atoms in total. The van der Waals surface area contributed by atoms with Crippen molar-refractivity contribution in [3.05, 3.63) is 35.3 Å². The zero-order valence-electron chi connectivity index (χ0n) is 12.3. The summed E-state index contributed by atoms with van der Waals surface area (Å²) in [5.41, 5.74) is 0.821. The lowest BCUT2D eigenvalue weighted by atomic mass is 10.2. The van der Waals surface area contributed by atoms with Crippen molar-refractivity contribution in [2.45, 2.75) is 18.9 Å². The number of nitrogens with zero attached hydrogens (tertiary/aromatic N) is 2. The number of benzene rings is 1. The number of hydrogen-bond acceptors (Lipinski definition) is 7. The van der Waals surface area contributed by atoms with Gasteiger partial charge in [-0.3, -0.25) is 14.4 Å². The average Bonchev–Trinajstić information content (AvgIpc) is 3.04. The Bertz CT molecular complexity index is 819. The van der Waals surface area contributed by atoms with Crippen LogP contribution in [0.3, 0.4) is 0 Å². The number of phenolic OH excluding ortho intramolecular Hbond substituents is 1. The normalized spacial score (nSPS) is 17.3. The lowest BCUT2D eigenvalue weighted by molar-refractivity contribution is -0.136. The number of thiazole rings is 1. The van der Waals surface area contributed by atoms with Gasteiger partial charge in [0.25, 0.3) is 5.91 Å². The summed E-state index contributed by atoms with van der Waals surface area (Å²) in [6, 6.07) is 5.49. The number of carbonyl (C=O) groups excluding carboxylic acids is 2. The number of aromatic hydroxyl groups is 1. The Balaban J connectivity index is 1.76. The molecule has 1 aliphatic rings. The van der Waals surface area contributed by atoms with E-state index in [1.807, 2.05) is 0 Å². The third-order valence-electron chi connectivity index (χ3n) is 3.40. The van der Waals surface area contributed by atoms with Crippen molar-refractivity contribution in [3.63, 3.8) is 0 Å². The lowest BCUT2D eigenvalue weighted by Crippen LogP contribution is -2.34. The fraction of sp³-hybridized carbons (Fsp3) is 0.200. The van der Waals surface area contributed by atoms with Gasteiger partial charge in [-0.2, -0.15) is 0 Å². The van der Waals surface area contributed by atoms with Crippen LogP contribution in [0.5, 0.6) is 5.75 Å². The van der Waals surface area contributed by atoms with Gasteiger partial charge in [0, 0.05) is 17.1 Å². The van der Waals surface area contributed by atoms with Crippen LogP contribution in [0, 0.1) is 0 Å². The fourth-order valence-electron chi connectivity index (χ4n) is 2.38. The summed E-state index contributed by atoms with van der Waals surface area (Å²) in [5.74, 6) is -1.85. The third kappa shape index (κ3) is 3.20. The summed E-state index contributed by atoms with van der Waals surface area (Å²) in [5, 5.41) is 22.8. The molecule has 2 aromatic rings. The summed E-state index contributed by atoms with van der Waals surface area (Å²) >= 11 is 1.05. The van der Waals surface area contributed by atoms with Gasteiger partial charge in [0.2, 0.25) is 5.91 Å². The van der Waals surface area contributed by atoms with Crippen LogP contribution in [-0.2, 0) is 20.8 Å². The Labute approximate surface area is 140 Å². The van der Waals surface area contributed by atoms with Gasteiger partial charge in [0.1, 0.15) is 11.8 Å². The third-order valence-corrected chi connectivity index (χ3v) is 4.27. The van der Waals surface area contributed by atoms with Gasteiger partial charge in [-0.25, -0.2) is 9.88 Å². The number of aromatic nitrogens is 1. The Morgan fingerprint density at radius 3 is 2.92 bits per heavy atom. The number of carbonyl (C=O) groups is 3. The molecular formula is C15H13N3O5S. The predicted molar refractivity (Wildman–Crippen MR) is 86.1 cm³/mol. The molecule has 1 fully saturated rings. The van der Waals surface area contributed by atoms with Crippen molar-refractivity contribution in [1.82, 2.24) is 4.98 Å². The van der Waals surface area contributed by atoms with Gasteiger partial charge in [-0.1, -0.05) is 6.07 Å². The predicted octanol–water partition coefficient (Wildman–Crippen LogP) is 1.22. The fourth-order valence-corrected chi connectivity index (χ4v) is 3.22. The van der Waals surface area contributed by atoms with Crippen molar-refractivity contribution in [2.75, 3.05) is 10.2 Å². The molecule has 1 aromatic carbocycles. The smallest absolute Gasteiger partial charge is 0.309 e. The molecule has 1 saturated heterocycles. The van der Waals surface area contributed by atoms with Gasteiger partial charge in [-0.15, -0.1) is 11.3 Å². The summed E-state index contributed by atoms with van der Waals surface area (Å²) in [6.07, 6.45) is -0.306. The molecule has 9 heteroatoms. The molecule has 24 heavy (non-hydrogen) atoms. The first-order chi connectivity index (χ1) is 11.4. The Morgan fingerprint density at radius 2 is 2.21 bits per heavy atom. The molecule has 2 amide bonds. The van der Waals surface area contributed by atoms with E-state index < -0.39 is 23.8 Å². The zero-order chi connectivity index (χ0) is 17.3. The van der Waals surface area contributed by atoms with Crippen LogP contribution in [0.15, 0.2) is 29.6 Å². The molecule has 3 N–H and O–H groups in total. The zero-order valence-corrected chi connectivity index (χ0v) is 13.1. The topological polar surface area (TPSA) is 120 Å². The Hall–Kier alpha value is -2.94. The van der Waals surface area contributed by atoms with E-state index in [1.165, 1.54) is 17.5 Å². The number of carboxylic acid groups (broad SMARTS) is 1. The first-order valence-corrected chi connectivity index (χ1v) is 7.90. The number of anilines is 2. The molecule has 0 spiro atoms. The van der Waals surface area contributed by atoms with Gasteiger partial charge in [-0.05, 0) is 12.1 Å². The van der Waals surface area contributed by atoms with Gasteiger partial charge < -0.3 is 15.5 Å². The quantitative estimate of drug-likeness (QED) is 0.696. The largest absolute Gasteiger partial charge is 0.508 e. The van der Waals surface area contributed by atoms with Crippen LogP contribution in [0.1, 0.15) is 12.1 Å². The maximum atomic E-state index is 12.5. The second kappa shape index (κ2) is 6.28. The molecular weight excluding hydrogens is 334 g/mol. The van der Waals surface area contributed by atoms with Crippen LogP contribution in [0.2, 0.25) is 0 Å². The number of hydrogen-bond donors (Lipinski definition) is 3. The number of amides is 2. The number of carboxylic acids is 1. The maximum absolute atomic E-state index is 12.5. The minimum Gasteiger partial charge on any atom is -0.508 e. The second-order valence-electron chi connectivity index (χ2n) is 5.21. The molecule has 1 unspecified atom stereocenters. The van der Waals surface area contributed by atoms with E-state index in [-0.39, 0.29) is 23.7 Å². The van der Waals surface area contributed by atoms with E-state index in [9.17, 15) is 19.5 Å². The highest BCUT2D eigenvalue weighted by atomic mass is 32.1. The van der Waals surface area contributed by atoms with E-state index >= 15 is 0 Å². The van der Waals surface area contributed by atoms with Crippen LogP contribution in [-0.4, -0.2) is 39.0 Å². The first-order valence-electron chi connectivity index (χ1n) is 7.02. The van der Waals surface area contributed by atoms with Crippen molar-refractivity contribution >= 4 is 39.9 Å². The number of imide groups is 1. The van der Waals surface area contributed by atoms with Crippen LogP contribution >= 0.6 is 11.3 Å². The SMILES string of the molecule is O=C(O)Cc1csc(N2C(=O)CC(Nc3cccc(O)c3)C2=O)n1. The second-order valence-corrected chi connectivity index (χ2v) is 6.05. The molecule has 0 saturated carbocycles. The number of nitrogens with one attached hydrogen (secondary N) is 1. The van der Waals surface area contributed by atoms with E-state index in [0.717, 1.165) is 16.2 Å². The minimum absolute atomic E-state index is 0.0394. The summed E-state index contributed by atoms with van der Waals surface area (Å²) < 4.78 is 0. The summed E-state index contributed by atoms with van der Waals surface area (Å²) in [6.45, 7) is 0. The van der Waals surface area contributed by atoms with E-state index in [1.54, 1.807) is 12.1 Å². The minimum atomic E-state index is -1.03. The molecule has 1 atom stereocenters. The van der Waals surface area contributed by atoms with Gasteiger partial charge in [0.15, 0.2) is 5.13 Å². The number of aliphatic carboxylic acids is 1. The molecule has 1 aromatic heterocycles. The maximum Gasteiger partial charge on any atom is 0.309 e. The number of phenols is 1. The first kappa shape index (κ1) is 15.9. The van der Waals surface area contributed by atoms with Crippen LogP contribution < -0.4 is 10.2 Å². The van der Waals surface area contributed by atoms with E-state index in [4.69, 9.17) is 5.11 Å². The van der Waals surface area contributed by atoms with E-state index in [2.05, 4.69) is 10.3 Å². The van der Waals surface area contributed by atoms with Crippen molar-refractivity contribution < 1.29 is 24.6 Å². The van der Waals surface area contributed by atoms with E-state index in [0.29, 0.717) is 11.4 Å². The highest BCUT2D eigenvalue weighted by Gasteiger charge is 2.41. The summed E-state index contributed by atoms with van der Waals surface area (Å²) in [4.78, 5) is 40.3. The highest BCUT2D eigenvalue weighted by Crippen LogP contribution is 2.28. The van der Waals surface area contributed by atoms with Crippen LogP contribution in [0.25, 0.3) is 0 Å². The molecule has 0 aliphatic carbocycles. The Kier molecular flexibility index (Phi) is 4.17. The molecule has 3 rings (SSSR count). The molecule has 0 radical (unpaired) electrons. The van der Waals surface area contributed by atoms with Crippen molar-refractivity contribution in [2.24, 2.45) is 0 Å². The van der Waals surface area contributed by atoms with Crippen molar-refractivity contribution in [3.8, 4) is 5.75 Å². The summed E-state index contributed by atoms with van der Waals surface area (Å²) in [7, 11) is 0. The standard InChI is InChI=1S/C15H13N3O5S/c19-10-3-1-2-8(4-10)16-11-6-12(20)18(14(11)23)15-17-9(7-24-15)5-13(21)22/h1-4,7,11,16,19H,5-6H2,(H,21,22). The molecule has 124 valence electrons. The van der Waals surface area contributed by atoms with Gasteiger partial charge >= 0.3 is 5.97 Å². The molecule has 0 bridgehead atoms. The Morgan fingerprint density at radius 1 is 1.42 bits per heavy atom. The lowest BCUT2D eigenvalue weighted by Gasteiger charge is -2.13. The number of rotatable bonds is 5. The average molecular weight is 347 g/mol. The van der Waals surface area contributed by atoms with Gasteiger partial charge in [0.05, 0.1) is 18.5 Å². The monoisotopic (exact) mass is 347 g/mol. The van der Waals surface area contributed by atoms with Crippen molar-refractivity contribution in [1.29, 1.82) is 0 Å². The highest BCUT2D eigenvalue weighted by molar-refractivity contribution is 7.14.